The van der Waals surface area contributed by atoms with Crippen molar-refractivity contribution in [1.29, 1.82) is 0 Å². The van der Waals surface area contributed by atoms with Gasteiger partial charge in [-0.2, -0.15) is 0 Å². The van der Waals surface area contributed by atoms with E-state index in [1.165, 1.54) is 0 Å². The van der Waals surface area contributed by atoms with Crippen LogP contribution < -0.4 is 68.9 Å². The van der Waals surface area contributed by atoms with Crippen LogP contribution in [0.1, 0.15) is 4.28 Å². The van der Waals surface area contributed by atoms with Gasteiger partial charge in [0.25, 0.3) is 0 Å². The third-order valence-corrected chi connectivity index (χ3v) is 0. The van der Waals surface area contributed by atoms with Gasteiger partial charge in [0.15, 0.2) is 0 Å². The first-order chi connectivity index (χ1) is 1.73. The van der Waals surface area contributed by atoms with Crippen LogP contribution in [0.25, 0.3) is 0 Å². The van der Waals surface area contributed by atoms with Crippen molar-refractivity contribution in [2.75, 3.05) is 0 Å². The largest absolute Gasteiger partial charge is 2.00 e. The number of carbonyl (C=O) groups is 1. The Kier molecular flexibility index (Phi) is 51.3. The van der Waals surface area contributed by atoms with Gasteiger partial charge in [-0.25, -0.2) is 4.79 Å². The molecule has 0 saturated carbocycles. The number of halogens is 1. The van der Waals surface area contributed by atoms with Crippen LogP contribution in [0.3, 0.4) is 0 Å². The Bertz CT molecular complexity index is 46.7. The Labute approximate surface area is 144 Å². The van der Waals surface area contributed by atoms with Crippen LogP contribution in [0.4, 0.5) is 9.50 Å². The van der Waals surface area contributed by atoms with Crippen LogP contribution in [0.15, 0.2) is 0 Å². The van der Waals surface area contributed by atoms with E-state index in [-0.39, 0.29) is 127 Å². The normalized spacial score (nSPS) is 3.43. The molecular weight excluding hydrogens is 349 g/mol. The molecule has 7 heavy (non-hydrogen) atoms. The third kappa shape index (κ3) is 51.5. The molecule has 0 saturated heterocycles. The summed E-state index contributed by atoms with van der Waals surface area (Å²) >= 11 is 0. The van der Waals surface area contributed by atoms with Crippen LogP contribution in [-0.4, -0.2) is 65.2 Å². The zero-order chi connectivity index (χ0) is 3.58. The molecule has 0 aliphatic heterocycles. The van der Waals surface area contributed by atoms with Crippen molar-refractivity contribution in [3.8, 4) is 0 Å². The fourth-order valence-electron chi connectivity index (χ4n) is 0. The Morgan fingerprint density at radius 2 is 1.43 bits per heavy atom. The van der Waals surface area contributed by atoms with E-state index in [2.05, 4.69) is 0 Å². The van der Waals surface area contributed by atoms with Gasteiger partial charge in [-0.15, -0.1) is 0 Å². The molecule has 0 aliphatic rings. The Balaban J connectivity index is -0.00000000300. The Morgan fingerprint density at radius 1 is 1.43 bits per heavy atom. The molecule has 0 radical (unpaired) electrons. The second-order valence-electron chi connectivity index (χ2n) is 0.283. The first-order valence-corrected chi connectivity index (χ1v) is 0.651. The molecule has 0 aliphatic carbocycles. The Morgan fingerprint density at radius 3 is 1.43 bits per heavy atom. The van der Waals surface area contributed by atoms with Gasteiger partial charge >= 0.3 is 124 Å². The van der Waals surface area contributed by atoms with Crippen molar-refractivity contribution in [2.24, 2.45) is 0 Å². The van der Waals surface area contributed by atoms with Gasteiger partial charge in [0.1, 0.15) is 0 Å². The molecule has 0 spiro atoms. The van der Waals surface area contributed by atoms with E-state index in [0.717, 1.165) is 0 Å². The van der Waals surface area contributed by atoms with Gasteiger partial charge in [-0.3, -0.25) is 4.70 Å². The van der Waals surface area contributed by atoms with Crippen molar-refractivity contribution < 1.29 is 92.9 Å². The van der Waals surface area contributed by atoms with Crippen molar-refractivity contribution in [3.05, 3.63) is 0 Å². The van der Waals surface area contributed by atoms with E-state index in [1.54, 1.807) is 0 Å². The monoisotopic (exact) mass is 356 g/mol. The summed E-state index contributed by atoms with van der Waals surface area (Å²) in [6, 6.07) is 0. The van der Waals surface area contributed by atoms with Crippen LogP contribution in [-0.2, 0) is 0 Å². The molecule has 0 aromatic carbocycles. The van der Waals surface area contributed by atoms with E-state index in [9.17, 15) is 0 Å². The molecule has 0 fully saturated rings. The maximum Gasteiger partial charge on any atom is 2.00 e. The fourth-order valence-corrected chi connectivity index (χ4v) is 0. The average Bonchev–Trinajstić information content (AvgIpc) is 0.811. The summed E-state index contributed by atoms with van der Waals surface area (Å²) < 4.78 is 0. The quantitative estimate of drug-likeness (QED) is 0.467. The summed E-state index contributed by atoms with van der Waals surface area (Å²) in [4.78, 5) is 8.56. The topological polar surface area (TPSA) is 57.5 Å². The smallest absolute Gasteiger partial charge is 1.00 e. The van der Waals surface area contributed by atoms with Gasteiger partial charge in [0.2, 0.25) is 0 Å². The number of rotatable bonds is 0. The van der Waals surface area contributed by atoms with E-state index in [1.807, 2.05) is 0 Å². The third-order valence-electron chi connectivity index (χ3n) is 0. The Hall–Kier alpha value is 2.82. The number of carboxylic acid groups (broad SMARTS) is 2. The summed E-state index contributed by atoms with van der Waals surface area (Å²) in [6.45, 7) is 0. The molecular formula is CH6BaCsFO3. The minimum Gasteiger partial charge on any atom is -1.00 e. The molecule has 3 nitrogen and oxygen atoms in total. The first kappa shape index (κ1) is 22.6. The molecule has 0 amide bonds. The second kappa shape index (κ2) is 15.9. The molecule has 2 N–H and O–H groups in total. The molecule has 0 aromatic rings. The summed E-state index contributed by atoms with van der Waals surface area (Å²) in [5.74, 6) is 0. The molecule has 6 heteroatoms. The van der Waals surface area contributed by atoms with E-state index >= 15 is 0 Å². The summed E-state index contributed by atoms with van der Waals surface area (Å²) in [6.07, 6.45) is -1.83. The second-order valence-corrected chi connectivity index (χ2v) is 0.283. The summed E-state index contributed by atoms with van der Waals surface area (Å²) in [5, 5.41) is 13.9. The van der Waals surface area contributed by atoms with Crippen molar-refractivity contribution in [2.45, 2.75) is 0 Å². The molecule has 0 aromatic heterocycles. The van der Waals surface area contributed by atoms with Gasteiger partial charge in [0, 0.05) is 0 Å². The molecule has 0 unspecified atom stereocenters. The molecule has 38 valence electrons. The maximum absolute atomic E-state index is 8.56. The van der Waals surface area contributed by atoms with Crippen LogP contribution in [0.2, 0.25) is 0 Å². The maximum atomic E-state index is 8.56. The standard InChI is InChI=1S/CH2O3.Ba.Cs.FH.3H/c2-1(3)4;;;;;;/h(H2,2,3,4);;;1H;;;/q;+2;+1;;3*-1. The minimum atomic E-state index is -1.83. The first-order valence-electron chi connectivity index (χ1n) is 0.651. The number of hydrogen-bond acceptors (Lipinski definition) is 1. The molecule has 0 bridgehead atoms. The van der Waals surface area contributed by atoms with Crippen molar-refractivity contribution in [3.63, 3.8) is 0 Å². The van der Waals surface area contributed by atoms with E-state index in [0.29, 0.717) is 0 Å². The van der Waals surface area contributed by atoms with Crippen LogP contribution in [0, 0.1) is 0 Å². The van der Waals surface area contributed by atoms with Gasteiger partial charge in [-0.05, 0) is 0 Å². The average molecular weight is 355 g/mol. The van der Waals surface area contributed by atoms with Gasteiger partial charge < -0.3 is 14.5 Å². The predicted octanol–water partition coefficient (Wildman–Crippen LogP) is -2.66. The fraction of sp³-hybridized carbons (Fsp3) is 0. The molecule has 0 atom stereocenters. The van der Waals surface area contributed by atoms with E-state index in [4.69, 9.17) is 15.0 Å². The SMILES string of the molecule is F.O=C(O)O.[Ba+2].[Cs+].[H-].[H-].[H-]. The van der Waals surface area contributed by atoms with Crippen molar-refractivity contribution in [1.82, 2.24) is 0 Å². The molecule has 0 heterocycles. The van der Waals surface area contributed by atoms with Crippen molar-refractivity contribution >= 4 is 55.0 Å². The predicted molar refractivity (Wildman–Crippen MR) is 22.2 cm³/mol. The summed E-state index contributed by atoms with van der Waals surface area (Å²) in [5.41, 5.74) is 0. The molecule has 0 rings (SSSR count). The number of hydrogen-bond donors (Lipinski definition) is 2. The van der Waals surface area contributed by atoms with E-state index < -0.39 is 6.16 Å². The van der Waals surface area contributed by atoms with Gasteiger partial charge in [0.05, 0.1) is 0 Å². The van der Waals surface area contributed by atoms with Crippen LogP contribution >= 0.6 is 0 Å². The van der Waals surface area contributed by atoms with Gasteiger partial charge in [-0.1, -0.05) is 0 Å². The zero-order valence-electron chi connectivity index (χ0n) is 6.92. The summed E-state index contributed by atoms with van der Waals surface area (Å²) in [7, 11) is 0. The van der Waals surface area contributed by atoms with Crippen LogP contribution in [0.5, 0.6) is 0 Å². The minimum absolute atomic E-state index is 0. The zero-order valence-corrected chi connectivity index (χ0v) is 14.6.